The standard InChI is InChI=1S/C4H8ClNO3/c5-3(4(8)9)6-1-2-7/h3,6-7H,1-2H2,(H,8,9). The first-order chi connectivity index (χ1) is 4.18. The maximum Gasteiger partial charge on any atom is 0.336 e. The number of carboxylic acids is 1. The highest BCUT2D eigenvalue weighted by molar-refractivity contribution is 6.29. The van der Waals surface area contributed by atoms with Crippen LogP contribution in [-0.2, 0) is 4.79 Å². The molecule has 0 aromatic rings. The smallest absolute Gasteiger partial charge is 0.336 e. The van der Waals surface area contributed by atoms with Gasteiger partial charge < -0.3 is 10.2 Å². The number of nitrogens with one attached hydrogen (secondary N) is 1. The van der Waals surface area contributed by atoms with Gasteiger partial charge in [0.2, 0.25) is 0 Å². The lowest BCUT2D eigenvalue weighted by Crippen LogP contribution is -2.33. The van der Waals surface area contributed by atoms with Crippen molar-refractivity contribution in [2.24, 2.45) is 0 Å². The van der Waals surface area contributed by atoms with E-state index in [1.165, 1.54) is 0 Å². The molecule has 0 aromatic heterocycles. The van der Waals surface area contributed by atoms with Gasteiger partial charge >= 0.3 is 5.97 Å². The molecular weight excluding hydrogens is 146 g/mol. The summed E-state index contributed by atoms with van der Waals surface area (Å²) >= 11 is 5.17. The second-order valence-corrected chi connectivity index (χ2v) is 1.81. The lowest BCUT2D eigenvalue weighted by atomic mass is 10.6. The molecule has 0 aliphatic rings. The number of hydrogen-bond donors (Lipinski definition) is 3. The molecule has 0 radical (unpaired) electrons. The van der Waals surface area contributed by atoms with Crippen molar-refractivity contribution in [3.63, 3.8) is 0 Å². The van der Waals surface area contributed by atoms with Gasteiger partial charge in [0.05, 0.1) is 6.61 Å². The second kappa shape index (κ2) is 4.55. The minimum atomic E-state index is -1.13. The van der Waals surface area contributed by atoms with E-state index in [-0.39, 0.29) is 13.2 Å². The van der Waals surface area contributed by atoms with Gasteiger partial charge in [0.15, 0.2) is 5.50 Å². The summed E-state index contributed by atoms with van der Waals surface area (Å²) in [6.07, 6.45) is 0. The number of alkyl halides is 1. The Kier molecular flexibility index (Phi) is 4.39. The van der Waals surface area contributed by atoms with Crippen LogP contribution in [-0.4, -0.2) is 34.8 Å². The largest absolute Gasteiger partial charge is 0.479 e. The fraction of sp³-hybridized carbons (Fsp3) is 0.750. The summed E-state index contributed by atoms with van der Waals surface area (Å²) in [6, 6.07) is 0. The van der Waals surface area contributed by atoms with E-state index in [0.29, 0.717) is 0 Å². The molecule has 0 spiro atoms. The average Bonchev–Trinajstić information content (AvgIpc) is 1.82. The van der Waals surface area contributed by atoms with E-state index in [1.54, 1.807) is 0 Å². The van der Waals surface area contributed by atoms with Crippen LogP contribution in [0.4, 0.5) is 0 Å². The number of aliphatic carboxylic acids is 1. The van der Waals surface area contributed by atoms with E-state index in [9.17, 15) is 4.79 Å². The Morgan fingerprint density at radius 1 is 1.78 bits per heavy atom. The molecule has 3 N–H and O–H groups in total. The fourth-order valence-electron chi connectivity index (χ4n) is 0.279. The second-order valence-electron chi connectivity index (χ2n) is 1.38. The molecule has 9 heavy (non-hydrogen) atoms. The molecule has 54 valence electrons. The van der Waals surface area contributed by atoms with E-state index >= 15 is 0 Å². The van der Waals surface area contributed by atoms with Gasteiger partial charge in [0.25, 0.3) is 0 Å². The van der Waals surface area contributed by atoms with E-state index in [0.717, 1.165) is 0 Å². The lowest BCUT2D eigenvalue weighted by molar-refractivity contribution is -0.137. The van der Waals surface area contributed by atoms with Crippen LogP contribution in [0, 0.1) is 0 Å². The van der Waals surface area contributed by atoms with Crippen LogP contribution in [0.15, 0.2) is 0 Å². The van der Waals surface area contributed by atoms with Gasteiger partial charge in [-0.25, -0.2) is 4.79 Å². The Bertz CT molecular complexity index is 97.8. The highest BCUT2D eigenvalue weighted by Crippen LogP contribution is 1.87. The van der Waals surface area contributed by atoms with Crippen molar-refractivity contribution in [2.45, 2.75) is 5.50 Å². The number of halogens is 1. The van der Waals surface area contributed by atoms with Crippen LogP contribution in [0.3, 0.4) is 0 Å². The van der Waals surface area contributed by atoms with E-state index in [2.05, 4.69) is 5.32 Å². The Morgan fingerprint density at radius 2 is 2.33 bits per heavy atom. The number of hydrogen-bond acceptors (Lipinski definition) is 3. The highest BCUT2D eigenvalue weighted by atomic mass is 35.5. The quantitative estimate of drug-likeness (QED) is 0.366. The molecule has 4 nitrogen and oxygen atoms in total. The maximum atomic E-state index is 9.93. The topological polar surface area (TPSA) is 69.6 Å². The predicted molar refractivity (Wildman–Crippen MR) is 32.4 cm³/mol. The third kappa shape index (κ3) is 4.20. The summed E-state index contributed by atoms with van der Waals surface area (Å²) < 4.78 is 0. The zero-order chi connectivity index (χ0) is 7.28. The van der Waals surface area contributed by atoms with Crippen LogP contribution in [0.1, 0.15) is 0 Å². The first-order valence-electron chi connectivity index (χ1n) is 2.39. The minimum Gasteiger partial charge on any atom is -0.479 e. The number of carboxylic acid groups (broad SMARTS) is 1. The molecule has 0 aromatic carbocycles. The monoisotopic (exact) mass is 153 g/mol. The summed E-state index contributed by atoms with van der Waals surface area (Å²) in [5.41, 5.74) is -1.10. The Morgan fingerprint density at radius 3 is 2.67 bits per heavy atom. The summed E-state index contributed by atoms with van der Waals surface area (Å²) in [4.78, 5) is 9.93. The Balaban J connectivity index is 3.27. The average molecular weight is 154 g/mol. The van der Waals surface area contributed by atoms with Crippen molar-refractivity contribution in [1.82, 2.24) is 5.32 Å². The molecule has 0 fully saturated rings. The molecule has 0 bridgehead atoms. The number of aliphatic hydroxyl groups excluding tert-OH is 1. The first kappa shape index (κ1) is 8.68. The van der Waals surface area contributed by atoms with Crippen LogP contribution < -0.4 is 5.32 Å². The molecule has 0 amide bonds. The van der Waals surface area contributed by atoms with Gasteiger partial charge in [0.1, 0.15) is 0 Å². The van der Waals surface area contributed by atoms with E-state index in [4.69, 9.17) is 21.8 Å². The summed E-state index contributed by atoms with van der Waals surface area (Å²) in [5.74, 6) is -1.13. The summed E-state index contributed by atoms with van der Waals surface area (Å²) in [7, 11) is 0. The van der Waals surface area contributed by atoms with Crippen LogP contribution in [0.25, 0.3) is 0 Å². The van der Waals surface area contributed by atoms with Crippen molar-refractivity contribution < 1.29 is 15.0 Å². The molecule has 0 rings (SSSR count). The molecule has 5 heteroatoms. The van der Waals surface area contributed by atoms with Gasteiger partial charge in [-0.15, -0.1) is 0 Å². The van der Waals surface area contributed by atoms with Crippen LogP contribution in [0.5, 0.6) is 0 Å². The number of carbonyl (C=O) groups is 1. The molecule has 0 aliphatic carbocycles. The zero-order valence-corrected chi connectivity index (χ0v) is 5.43. The molecule has 0 saturated heterocycles. The van der Waals surface area contributed by atoms with E-state index < -0.39 is 11.5 Å². The highest BCUT2D eigenvalue weighted by Gasteiger charge is 2.10. The van der Waals surface area contributed by atoms with Crippen molar-refractivity contribution in [3.8, 4) is 0 Å². The third-order valence-electron chi connectivity index (χ3n) is 0.652. The van der Waals surface area contributed by atoms with Gasteiger partial charge in [-0.3, -0.25) is 5.32 Å². The van der Waals surface area contributed by atoms with Crippen molar-refractivity contribution in [1.29, 1.82) is 0 Å². The first-order valence-corrected chi connectivity index (χ1v) is 2.83. The Hall–Kier alpha value is -0.320. The molecule has 1 unspecified atom stereocenters. The molecule has 0 aliphatic heterocycles. The van der Waals surface area contributed by atoms with Crippen molar-refractivity contribution >= 4 is 17.6 Å². The Labute approximate surface area is 57.4 Å². The molecule has 1 atom stereocenters. The van der Waals surface area contributed by atoms with Gasteiger partial charge in [-0.05, 0) is 0 Å². The van der Waals surface area contributed by atoms with Crippen molar-refractivity contribution in [2.75, 3.05) is 13.2 Å². The fourth-order valence-corrected chi connectivity index (χ4v) is 0.388. The minimum absolute atomic E-state index is 0.115. The predicted octanol–water partition coefficient (Wildman–Crippen LogP) is -0.782. The zero-order valence-electron chi connectivity index (χ0n) is 4.67. The van der Waals surface area contributed by atoms with Gasteiger partial charge in [-0.1, -0.05) is 11.6 Å². The lowest BCUT2D eigenvalue weighted by Gasteiger charge is -2.03. The van der Waals surface area contributed by atoms with Crippen LogP contribution in [0.2, 0.25) is 0 Å². The van der Waals surface area contributed by atoms with Gasteiger partial charge in [-0.2, -0.15) is 0 Å². The third-order valence-corrected chi connectivity index (χ3v) is 0.993. The summed E-state index contributed by atoms with van der Waals surface area (Å²) in [6.45, 7) is 0.0803. The molecule has 0 saturated carbocycles. The summed E-state index contributed by atoms with van der Waals surface area (Å²) in [5, 5.41) is 18.7. The molecule has 0 heterocycles. The maximum absolute atomic E-state index is 9.93. The van der Waals surface area contributed by atoms with Gasteiger partial charge in [0, 0.05) is 6.54 Å². The van der Waals surface area contributed by atoms with Crippen molar-refractivity contribution in [3.05, 3.63) is 0 Å². The van der Waals surface area contributed by atoms with E-state index in [1.807, 2.05) is 0 Å². The van der Waals surface area contributed by atoms with Crippen LogP contribution >= 0.6 is 11.6 Å². The molecular formula is C4H8ClNO3. The SMILES string of the molecule is O=C(O)C(Cl)NCCO. The number of aliphatic hydroxyl groups is 1. The number of rotatable bonds is 4. The normalized spacial score (nSPS) is 13.1.